The molecule has 1 aromatic heterocycles. The molecule has 1 saturated carbocycles. The van der Waals surface area contributed by atoms with E-state index >= 15 is 0 Å². The maximum absolute atomic E-state index is 12.9. The van der Waals surface area contributed by atoms with Gasteiger partial charge in [0.2, 0.25) is 5.88 Å². The quantitative estimate of drug-likeness (QED) is 0.752. The van der Waals surface area contributed by atoms with Gasteiger partial charge in [-0.25, -0.2) is 13.2 Å². The molecular formula is C18H21NO6S. The minimum absolute atomic E-state index is 0.00619. The van der Waals surface area contributed by atoms with E-state index < -0.39 is 32.8 Å². The van der Waals surface area contributed by atoms with E-state index in [1.165, 1.54) is 18.2 Å². The van der Waals surface area contributed by atoms with Crippen LogP contribution < -0.4 is 0 Å². The fourth-order valence-electron chi connectivity index (χ4n) is 3.46. The third-order valence-corrected chi connectivity index (χ3v) is 7.19. The second-order valence-electron chi connectivity index (χ2n) is 6.64. The summed E-state index contributed by atoms with van der Waals surface area (Å²) in [5, 5.41) is 29.4. The van der Waals surface area contributed by atoms with Crippen LogP contribution in [-0.2, 0) is 9.84 Å². The Balaban J connectivity index is 2.09. The van der Waals surface area contributed by atoms with Gasteiger partial charge >= 0.3 is 5.97 Å². The van der Waals surface area contributed by atoms with E-state index in [9.17, 15) is 28.5 Å². The van der Waals surface area contributed by atoms with Crippen LogP contribution in [0.15, 0.2) is 29.2 Å². The van der Waals surface area contributed by atoms with E-state index in [-0.39, 0.29) is 16.1 Å². The Kier molecular flexibility index (Phi) is 4.70. The van der Waals surface area contributed by atoms with E-state index in [0.717, 1.165) is 29.9 Å². The molecule has 1 aliphatic carbocycles. The SMILES string of the molecule is Cc1ccc(-n2c(O)cc(S(=O)(=O)C3CCCCC3)c2O)cc1C(=O)O. The molecule has 1 aliphatic rings. The van der Waals surface area contributed by atoms with Crippen molar-refractivity contribution in [1.82, 2.24) is 4.57 Å². The summed E-state index contributed by atoms with van der Waals surface area (Å²) in [6, 6.07) is 5.36. The molecule has 3 rings (SSSR count). The van der Waals surface area contributed by atoms with Crippen molar-refractivity contribution in [2.24, 2.45) is 0 Å². The maximum atomic E-state index is 12.9. The van der Waals surface area contributed by atoms with Crippen LogP contribution in [0.25, 0.3) is 5.69 Å². The molecular weight excluding hydrogens is 358 g/mol. The first kappa shape index (κ1) is 18.3. The Morgan fingerprint density at radius 2 is 1.77 bits per heavy atom. The molecule has 1 fully saturated rings. The van der Waals surface area contributed by atoms with Gasteiger partial charge in [-0.05, 0) is 37.5 Å². The van der Waals surface area contributed by atoms with Crippen molar-refractivity contribution in [2.75, 3.05) is 0 Å². The van der Waals surface area contributed by atoms with Crippen LogP contribution in [0.5, 0.6) is 11.8 Å². The summed E-state index contributed by atoms with van der Waals surface area (Å²) in [5.74, 6) is -2.21. The zero-order valence-corrected chi connectivity index (χ0v) is 15.2. The minimum Gasteiger partial charge on any atom is -0.494 e. The molecule has 0 bridgehead atoms. The molecule has 7 nitrogen and oxygen atoms in total. The van der Waals surface area contributed by atoms with E-state index in [0.29, 0.717) is 18.4 Å². The average Bonchev–Trinajstić information content (AvgIpc) is 2.91. The number of aryl methyl sites for hydroxylation is 1. The van der Waals surface area contributed by atoms with Gasteiger partial charge in [0.05, 0.1) is 16.5 Å². The number of aromatic carboxylic acids is 1. The highest BCUT2D eigenvalue weighted by Crippen LogP contribution is 2.39. The molecule has 2 aromatic rings. The Labute approximate surface area is 151 Å². The van der Waals surface area contributed by atoms with Crippen LogP contribution in [0.1, 0.15) is 48.0 Å². The fourth-order valence-corrected chi connectivity index (χ4v) is 5.39. The summed E-state index contributed by atoms with van der Waals surface area (Å²) in [7, 11) is -3.78. The standard InChI is InChI=1S/C18H21NO6S/c1-11-7-8-12(9-14(11)18(22)23)19-16(20)10-15(17(19)21)26(24,25)13-5-3-2-4-6-13/h7-10,13,20-21H,2-6H2,1H3,(H,22,23). The predicted octanol–water partition coefficient (Wildman–Crippen LogP) is 3.00. The molecule has 0 amide bonds. The molecule has 3 N–H and O–H groups in total. The Hall–Kier alpha value is -2.48. The number of carboxylic acids is 1. The van der Waals surface area contributed by atoms with Gasteiger partial charge in [-0.2, -0.15) is 0 Å². The zero-order valence-electron chi connectivity index (χ0n) is 14.3. The number of aromatic hydroxyl groups is 2. The second-order valence-corrected chi connectivity index (χ2v) is 8.83. The molecule has 1 aromatic carbocycles. The maximum Gasteiger partial charge on any atom is 0.336 e. The van der Waals surface area contributed by atoms with Gasteiger partial charge in [0, 0.05) is 6.07 Å². The summed E-state index contributed by atoms with van der Waals surface area (Å²) < 4.78 is 26.7. The second kappa shape index (κ2) is 6.68. The lowest BCUT2D eigenvalue weighted by Gasteiger charge is -2.21. The molecule has 8 heteroatoms. The van der Waals surface area contributed by atoms with Gasteiger partial charge in [0.1, 0.15) is 4.90 Å². The number of aromatic nitrogens is 1. The summed E-state index contributed by atoms with van der Waals surface area (Å²) in [5.41, 5.74) is 0.696. The lowest BCUT2D eigenvalue weighted by atomic mass is 10.0. The van der Waals surface area contributed by atoms with Crippen molar-refractivity contribution in [1.29, 1.82) is 0 Å². The molecule has 140 valence electrons. The highest BCUT2D eigenvalue weighted by Gasteiger charge is 2.34. The number of benzene rings is 1. The Bertz CT molecular complexity index is 954. The highest BCUT2D eigenvalue weighted by molar-refractivity contribution is 7.92. The molecule has 26 heavy (non-hydrogen) atoms. The van der Waals surface area contributed by atoms with Gasteiger partial charge in [-0.15, -0.1) is 0 Å². The number of carboxylic acid groups (broad SMARTS) is 1. The summed E-state index contributed by atoms with van der Waals surface area (Å²) in [6.07, 6.45) is 3.68. The van der Waals surface area contributed by atoms with Gasteiger partial charge in [0.25, 0.3) is 0 Å². The van der Waals surface area contributed by atoms with Crippen molar-refractivity contribution < 1.29 is 28.5 Å². The summed E-state index contributed by atoms with van der Waals surface area (Å²) >= 11 is 0. The molecule has 0 spiro atoms. The molecule has 1 heterocycles. The number of rotatable bonds is 4. The fraction of sp³-hybridized carbons (Fsp3) is 0.389. The smallest absolute Gasteiger partial charge is 0.336 e. The van der Waals surface area contributed by atoms with Crippen LogP contribution in [0.3, 0.4) is 0 Å². The van der Waals surface area contributed by atoms with Crippen molar-refractivity contribution in [3.63, 3.8) is 0 Å². The third-order valence-electron chi connectivity index (χ3n) is 4.93. The number of sulfone groups is 1. The largest absolute Gasteiger partial charge is 0.494 e. The number of hydrogen-bond acceptors (Lipinski definition) is 5. The Morgan fingerprint density at radius 3 is 2.38 bits per heavy atom. The minimum atomic E-state index is -3.78. The summed E-state index contributed by atoms with van der Waals surface area (Å²) in [6.45, 7) is 1.63. The van der Waals surface area contributed by atoms with Crippen LogP contribution in [-0.4, -0.2) is 39.5 Å². The zero-order chi connectivity index (χ0) is 19.1. The number of carbonyl (C=O) groups is 1. The van der Waals surface area contributed by atoms with E-state index in [1.54, 1.807) is 6.92 Å². The average molecular weight is 379 g/mol. The van der Waals surface area contributed by atoms with E-state index in [4.69, 9.17) is 0 Å². The van der Waals surface area contributed by atoms with Gasteiger partial charge in [-0.1, -0.05) is 25.3 Å². The lowest BCUT2D eigenvalue weighted by molar-refractivity contribution is 0.0696. The number of nitrogens with zero attached hydrogens (tertiary/aromatic N) is 1. The van der Waals surface area contributed by atoms with Gasteiger partial charge < -0.3 is 15.3 Å². The van der Waals surface area contributed by atoms with E-state index in [1.807, 2.05) is 0 Å². The van der Waals surface area contributed by atoms with Crippen LogP contribution in [0.2, 0.25) is 0 Å². The Morgan fingerprint density at radius 1 is 1.12 bits per heavy atom. The van der Waals surface area contributed by atoms with Gasteiger partial charge in [-0.3, -0.25) is 4.57 Å². The first-order chi connectivity index (χ1) is 12.2. The first-order valence-electron chi connectivity index (χ1n) is 8.45. The van der Waals surface area contributed by atoms with Crippen molar-refractivity contribution >= 4 is 15.8 Å². The predicted molar refractivity (Wildman–Crippen MR) is 94.9 cm³/mol. The lowest BCUT2D eigenvalue weighted by Crippen LogP contribution is -2.23. The molecule has 0 saturated heterocycles. The topological polar surface area (TPSA) is 117 Å². The van der Waals surface area contributed by atoms with Crippen molar-refractivity contribution in [3.8, 4) is 17.4 Å². The molecule has 0 atom stereocenters. The normalized spacial score (nSPS) is 15.9. The first-order valence-corrected chi connectivity index (χ1v) is 10.00. The van der Waals surface area contributed by atoms with Crippen LogP contribution in [0, 0.1) is 6.92 Å². The molecule has 0 unspecified atom stereocenters. The third kappa shape index (κ3) is 3.05. The van der Waals surface area contributed by atoms with Crippen molar-refractivity contribution in [2.45, 2.75) is 49.2 Å². The van der Waals surface area contributed by atoms with Crippen LogP contribution in [0.4, 0.5) is 0 Å². The highest BCUT2D eigenvalue weighted by atomic mass is 32.2. The number of hydrogen-bond donors (Lipinski definition) is 3. The summed E-state index contributed by atoms with van der Waals surface area (Å²) in [4.78, 5) is 11.0. The molecule has 0 aliphatic heterocycles. The van der Waals surface area contributed by atoms with Gasteiger partial charge in [0.15, 0.2) is 15.7 Å². The monoisotopic (exact) mass is 379 g/mol. The van der Waals surface area contributed by atoms with Crippen molar-refractivity contribution in [3.05, 3.63) is 35.4 Å². The van der Waals surface area contributed by atoms with E-state index in [2.05, 4.69) is 0 Å². The van der Waals surface area contributed by atoms with Crippen LogP contribution >= 0.6 is 0 Å². The molecule has 0 radical (unpaired) electrons.